The maximum absolute atomic E-state index is 5.98. The van der Waals surface area contributed by atoms with Gasteiger partial charge in [-0.05, 0) is 39.2 Å². The van der Waals surface area contributed by atoms with Crippen LogP contribution in [0.1, 0.15) is 39.0 Å². The lowest BCUT2D eigenvalue weighted by Crippen LogP contribution is -2.50. The molecule has 3 unspecified atom stereocenters. The van der Waals surface area contributed by atoms with Gasteiger partial charge in [0.25, 0.3) is 0 Å². The lowest BCUT2D eigenvalue weighted by molar-refractivity contribution is 0.0553. The molecule has 3 heteroatoms. The number of likely N-dealkylation sites (N-methyl/N-ethyl adjacent to an activating group) is 1. The summed E-state index contributed by atoms with van der Waals surface area (Å²) >= 11 is 0. The molecule has 0 spiro atoms. The van der Waals surface area contributed by atoms with Gasteiger partial charge in [0.05, 0.1) is 6.10 Å². The minimum atomic E-state index is 0.375. The maximum Gasteiger partial charge on any atom is 0.0703 e. The van der Waals surface area contributed by atoms with Gasteiger partial charge in [-0.15, -0.1) is 0 Å². The summed E-state index contributed by atoms with van der Waals surface area (Å²) in [6.07, 6.45) is 7.07. The summed E-state index contributed by atoms with van der Waals surface area (Å²) in [6, 6.07) is 1.14. The van der Waals surface area contributed by atoms with E-state index in [0.717, 1.165) is 19.1 Å². The van der Waals surface area contributed by atoms with Crippen LogP contribution in [0.3, 0.4) is 0 Å². The van der Waals surface area contributed by atoms with Crippen LogP contribution in [0.2, 0.25) is 0 Å². The van der Waals surface area contributed by atoms with Gasteiger partial charge >= 0.3 is 0 Å². The van der Waals surface area contributed by atoms with Crippen molar-refractivity contribution >= 4 is 0 Å². The molecule has 3 atom stereocenters. The van der Waals surface area contributed by atoms with Crippen molar-refractivity contribution < 1.29 is 4.74 Å². The summed E-state index contributed by atoms with van der Waals surface area (Å²) in [7, 11) is 2.24. The molecule has 1 aliphatic heterocycles. The van der Waals surface area contributed by atoms with Crippen LogP contribution in [0.15, 0.2) is 0 Å². The van der Waals surface area contributed by atoms with Gasteiger partial charge < -0.3 is 10.5 Å². The zero-order valence-corrected chi connectivity index (χ0v) is 10.7. The number of nitrogens with two attached hydrogens (primary N) is 1. The molecule has 0 aromatic heterocycles. The first-order valence-electron chi connectivity index (χ1n) is 6.77. The minimum absolute atomic E-state index is 0.375. The van der Waals surface area contributed by atoms with Crippen molar-refractivity contribution in [3.63, 3.8) is 0 Å². The van der Waals surface area contributed by atoms with E-state index in [2.05, 4.69) is 18.9 Å². The van der Waals surface area contributed by atoms with Gasteiger partial charge in [0, 0.05) is 25.2 Å². The van der Waals surface area contributed by atoms with Crippen molar-refractivity contribution in [3.8, 4) is 0 Å². The van der Waals surface area contributed by atoms with E-state index in [1.54, 1.807) is 0 Å². The van der Waals surface area contributed by atoms with Crippen molar-refractivity contribution in [2.75, 3.05) is 20.2 Å². The fourth-order valence-electron chi connectivity index (χ4n) is 3.53. The highest BCUT2D eigenvalue weighted by atomic mass is 16.5. The fourth-order valence-corrected chi connectivity index (χ4v) is 3.53. The van der Waals surface area contributed by atoms with Gasteiger partial charge in [-0.25, -0.2) is 0 Å². The van der Waals surface area contributed by atoms with E-state index in [1.807, 2.05) is 0 Å². The van der Waals surface area contributed by atoms with Crippen LogP contribution in [0.25, 0.3) is 0 Å². The number of hydrogen-bond donors (Lipinski definition) is 1. The van der Waals surface area contributed by atoms with Gasteiger partial charge in [0.15, 0.2) is 0 Å². The van der Waals surface area contributed by atoms with Crippen molar-refractivity contribution in [3.05, 3.63) is 0 Å². The molecule has 1 saturated carbocycles. The fraction of sp³-hybridized carbons (Fsp3) is 1.00. The molecular weight excluding hydrogens is 200 g/mol. The van der Waals surface area contributed by atoms with Gasteiger partial charge in [0.1, 0.15) is 0 Å². The third-order valence-electron chi connectivity index (χ3n) is 4.57. The Morgan fingerprint density at radius 2 is 2.00 bits per heavy atom. The highest BCUT2D eigenvalue weighted by Gasteiger charge is 2.35. The van der Waals surface area contributed by atoms with Crippen molar-refractivity contribution in [2.45, 2.75) is 57.2 Å². The van der Waals surface area contributed by atoms with Crippen LogP contribution in [0.5, 0.6) is 0 Å². The first-order valence-corrected chi connectivity index (χ1v) is 6.77. The van der Waals surface area contributed by atoms with Crippen LogP contribution >= 0.6 is 0 Å². The van der Waals surface area contributed by atoms with Gasteiger partial charge in [-0.2, -0.15) is 0 Å². The van der Waals surface area contributed by atoms with Crippen LogP contribution in [-0.2, 0) is 4.74 Å². The molecular formula is C13H26N2O. The number of ether oxygens (including phenoxy) is 1. The topological polar surface area (TPSA) is 38.5 Å². The predicted molar refractivity (Wildman–Crippen MR) is 66.4 cm³/mol. The number of hydrogen-bond acceptors (Lipinski definition) is 3. The molecule has 1 aliphatic carbocycles. The normalized spacial score (nSPS) is 33.8. The standard InChI is InChI=1S/C13H26N2O/c1-10-12(7-8-16-10)15(2)13(9-14)11-5-3-4-6-11/h10-13H,3-9,14H2,1-2H3. The molecule has 1 saturated heterocycles. The molecule has 0 radical (unpaired) electrons. The Morgan fingerprint density at radius 1 is 1.31 bits per heavy atom. The Kier molecular flexibility index (Phi) is 4.22. The van der Waals surface area contributed by atoms with Gasteiger partial charge in [0.2, 0.25) is 0 Å². The van der Waals surface area contributed by atoms with Crippen LogP contribution < -0.4 is 5.73 Å². The Labute approximate surface area is 99.3 Å². The van der Waals surface area contributed by atoms with Crippen LogP contribution in [0.4, 0.5) is 0 Å². The Morgan fingerprint density at radius 3 is 2.50 bits per heavy atom. The molecule has 0 aromatic rings. The Hall–Kier alpha value is -0.120. The second-order valence-electron chi connectivity index (χ2n) is 5.44. The molecule has 16 heavy (non-hydrogen) atoms. The molecule has 94 valence electrons. The van der Waals surface area contributed by atoms with E-state index in [4.69, 9.17) is 10.5 Å². The molecule has 2 rings (SSSR count). The molecule has 3 nitrogen and oxygen atoms in total. The van der Waals surface area contributed by atoms with Crippen molar-refractivity contribution in [1.29, 1.82) is 0 Å². The van der Waals surface area contributed by atoms with Gasteiger partial charge in [-0.3, -0.25) is 4.90 Å². The van der Waals surface area contributed by atoms with Gasteiger partial charge in [-0.1, -0.05) is 12.8 Å². The first-order chi connectivity index (χ1) is 7.74. The molecule has 1 heterocycles. The highest BCUT2D eigenvalue weighted by molar-refractivity contribution is 4.89. The van der Waals surface area contributed by atoms with E-state index in [1.165, 1.54) is 32.1 Å². The molecule has 0 bridgehead atoms. The third-order valence-corrected chi connectivity index (χ3v) is 4.57. The highest BCUT2D eigenvalue weighted by Crippen LogP contribution is 2.32. The number of nitrogens with zero attached hydrogens (tertiary/aromatic N) is 1. The van der Waals surface area contributed by atoms with Crippen molar-refractivity contribution in [2.24, 2.45) is 11.7 Å². The van der Waals surface area contributed by atoms with E-state index in [0.29, 0.717) is 18.2 Å². The summed E-state index contributed by atoms with van der Waals surface area (Å²) in [6.45, 7) is 3.90. The summed E-state index contributed by atoms with van der Waals surface area (Å²) in [5.74, 6) is 0.822. The van der Waals surface area contributed by atoms with E-state index in [9.17, 15) is 0 Å². The second-order valence-corrected chi connectivity index (χ2v) is 5.44. The van der Waals surface area contributed by atoms with E-state index < -0.39 is 0 Å². The SMILES string of the molecule is CC1OCCC1N(C)C(CN)C1CCCC1. The van der Waals surface area contributed by atoms with E-state index in [-0.39, 0.29) is 0 Å². The Balaban J connectivity index is 1.96. The minimum Gasteiger partial charge on any atom is -0.377 e. The predicted octanol–water partition coefficient (Wildman–Crippen LogP) is 1.61. The summed E-state index contributed by atoms with van der Waals surface area (Å²) < 4.78 is 5.66. The summed E-state index contributed by atoms with van der Waals surface area (Å²) in [4.78, 5) is 2.51. The largest absolute Gasteiger partial charge is 0.377 e. The lowest BCUT2D eigenvalue weighted by atomic mass is 9.94. The maximum atomic E-state index is 5.98. The zero-order chi connectivity index (χ0) is 11.5. The zero-order valence-electron chi connectivity index (χ0n) is 10.7. The average molecular weight is 226 g/mol. The first kappa shape index (κ1) is 12.3. The molecule has 2 aliphatic rings. The second kappa shape index (κ2) is 5.48. The third kappa shape index (κ3) is 2.41. The summed E-state index contributed by atoms with van der Waals surface area (Å²) in [5.41, 5.74) is 5.98. The molecule has 2 fully saturated rings. The lowest BCUT2D eigenvalue weighted by Gasteiger charge is -2.37. The van der Waals surface area contributed by atoms with Crippen LogP contribution in [0, 0.1) is 5.92 Å². The monoisotopic (exact) mass is 226 g/mol. The van der Waals surface area contributed by atoms with E-state index >= 15 is 0 Å². The average Bonchev–Trinajstić information content (AvgIpc) is 2.90. The quantitative estimate of drug-likeness (QED) is 0.791. The Bertz CT molecular complexity index is 216. The molecule has 0 aromatic carbocycles. The molecule has 2 N–H and O–H groups in total. The smallest absolute Gasteiger partial charge is 0.0703 e. The van der Waals surface area contributed by atoms with Crippen molar-refractivity contribution in [1.82, 2.24) is 4.90 Å². The number of rotatable bonds is 4. The summed E-state index contributed by atoms with van der Waals surface area (Å²) in [5, 5.41) is 0. The molecule has 0 amide bonds. The van der Waals surface area contributed by atoms with Crippen LogP contribution in [-0.4, -0.2) is 43.3 Å².